The summed E-state index contributed by atoms with van der Waals surface area (Å²) < 4.78 is 0. The van der Waals surface area contributed by atoms with E-state index in [9.17, 15) is 4.79 Å². The van der Waals surface area contributed by atoms with Crippen LogP contribution in [0, 0.1) is 5.92 Å². The maximum absolute atomic E-state index is 12.2. The highest BCUT2D eigenvalue weighted by atomic mass is 16.2. The molecule has 0 aromatic rings. The molecule has 3 unspecified atom stereocenters. The van der Waals surface area contributed by atoms with Gasteiger partial charge in [0.15, 0.2) is 0 Å². The Bertz CT molecular complexity index is 267. The van der Waals surface area contributed by atoms with Crippen molar-refractivity contribution in [3.05, 3.63) is 0 Å². The van der Waals surface area contributed by atoms with E-state index in [1.54, 1.807) is 0 Å². The third-order valence-electron chi connectivity index (χ3n) is 4.68. The topological polar surface area (TPSA) is 32.3 Å². The number of fused-ring (bicyclic) bond motifs is 2. The average Bonchev–Trinajstić information content (AvgIpc) is 2.66. The zero-order valence-corrected chi connectivity index (χ0v) is 11.4. The van der Waals surface area contributed by atoms with Gasteiger partial charge >= 0.3 is 0 Å². The number of carbonyl (C=O) groups excluding carboxylic acids is 1. The van der Waals surface area contributed by atoms with Crippen molar-refractivity contribution >= 4 is 5.91 Å². The Morgan fingerprint density at radius 2 is 1.94 bits per heavy atom. The van der Waals surface area contributed by atoms with Gasteiger partial charge in [0, 0.05) is 31.6 Å². The van der Waals surface area contributed by atoms with Gasteiger partial charge in [0.05, 0.1) is 0 Å². The summed E-state index contributed by atoms with van der Waals surface area (Å²) in [6, 6.07) is 1.77. The average molecular weight is 238 g/mol. The molecule has 0 saturated carbocycles. The summed E-state index contributed by atoms with van der Waals surface area (Å²) in [5.74, 6) is 0.957. The fourth-order valence-corrected chi connectivity index (χ4v) is 3.25. The van der Waals surface area contributed by atoms with Gasteiger partial charge in [-0.15, -0.1) is 0 Å². The quantitative estimate of drug-likeness (QED) is 0.814. The van der Waals surface area contributed by atoms with E-state index in [0.29, 0.717) is 30.0 Å². The van der Waals surface area contributed by atoms with Crippen molar-refractivity contribution in [2.24, 2.45) is 5.92 Å². The van der Waals surface area contributed by atoms with Gasteiger partial charge in [0.1, 0.15) is 0 Å². The number of nitrogens with zero attached hydrogens (tertiary/aromatic N) is 1. The molecule has 2 fully saturated rings. The first kappa shape index (κ1) is 12.9. The first-order chi connectivity index (χ1) is 8.10. The number of hydrogen-bond donors (Lipinski definition) is 1. The van der Waals surface area contributed by atoms with Gasteiger partial charge < -0.3 is 10.2 Å². The lowest BCUT2D eigenvalue weighted by atomic mass is 9.89. The fraction of sp³-hybridized carbons (Fsp3) is 0.929. The number of carbonyl (C=O) groups is 1. The highest BCUT2D eigenvalue weighted by molar-refractivity contribution is 5.76. The molecular formula is C14H26N2O. The normalized spacial score (nSPS) is 33.5. The van der Waals surface area contributed by atoms with E-state index in [1.165, 1.54) is 25.7 Å². The summed E-state index contributed by atoms with van der Waals surface area (Å²) in [7, 11) is 1.95. The summed E-state index contributed by atoms with van der Waals surface area (Å²) in [5.41, 5.74) is 0. The molecular weight excluding hydrogens is 212 g/mol. The summed E-state index contributed by atoms with van der Waals surface area (Å²) in [6.07, 6.45) is 6.84. The van der Waals surface area contributed by atoms with Crippen LogP contribution in [0.4, 0.5) is 0 Å². The molecule has 0 aliphatic carbocycles. The molecule has 1 amide bonds. The maximum Gasteiger partial charge on any atom is 0.222 e. The Kier molecular flexibility index (Phi) is 4.08. The molecule has 1 N–H and O–H groups in total. The molecule has 2 bridgehead atoms. The summed E-state index contributed by atoms with van der Waals surface area (Å²) >= 11 is 0. The maximum atomic E-state index is 12.2. The van der Waals surface area contributed by atoms with Crippen LogP contribution in [0.5, 0.6) is 0 Å². The number of amides is 1. The van der Waals surface area contributed by atoms with E-state index in [2.05, 4.69) is 19.2 Å². The number of nitrogens with one attached hydrogen (secondary N) is 1. The second-order valence-corrected chi connectivity index (χ2v) is 5.94. The molecule has 3 heteroatoms. The molecule has 98 valence electrons. The third kappa shape index (κ3) is 3.01. The molecule has 2 heterocycles. The van der Waals surface area contributed by atoms with Crippen molar-refractivity contribution in [3.63, 3.8) is 0 Å². The largest absolute Gasteiger partial charge is 0.343 e. The summed E-state index contributed by atoms with van der Waals surface area (Å²) in [4.78, 5) is 14.1. The Hall–Kier alpha value is -0.570. The van der Waals surface area contributed by atoms with E-state index in [4.69, 9.17) is 0 Å². The lowest BCUT2D eigenvalue weighted by Gasteiger charge is -2.31. The predicted octanol–water partition coefficient (Wildman–Crippen LogP) is 2.16. The highest BCUT2D eigenvalue weighted by Gasteiger charge is 2.34. The van der Waals surface area contributed by atoms with Crippen molar-refractivity contribution < 1.29 is 4.79 Å². The smallest absolute Gasteiger partial charge is 0.222 e. The SMILES string of the molecule is CCC(C)N(C)C(=O)CC1CC2CCC(C1)N2. The van der Waals surface area contributed by atoms with E-state index in [-0.39, 0.29) is 0 Å². The van der Waals surface area contributed by atoms with E-state index >= 15 is 0 Å². The minimum atomic E-state index is 0.339. The van der Waals surface area contributed by atoms with Crippen molar-refractivity contribution in [2.45, 2.75) is 70.5 Å². The molecule has 2 aliphatic rings. The molecule has 3 nitrogen and oxygen atoms in total. The molecule has 2 aliphatic heterocycles. The lowest BCUT2D eigenvalue weighted by molar-refractivity contribution is -0.133. The van der Waals surface area contributed by atoms with E-state index in [1.807, 2.05) is 11.9 Å². The molecule has 3 atom stereocenters. The van der Waals surface area contributed by atoms with Crippen LogP contribution in [0.15, 0.2) is 0 Å². The number of piperidine rings is 1. The monoisotopic (exact) mass is 238 g/mol. The standard InChI is InChI=1S/C14H26N2O/c1-4-10(2)16(3)14(17)9-11-7-12-5-6-13(8-11)15-12/h10-13,15H,4-9H2,1-3H3. The van der Waals surface area contributed by atoms with Gasteiger partial charge in [0.2, 0.25) is 5.91 Å². The van der Waals surface area contributed by atoms with E-state index in [0.717, 1.165) is 12.8 Å². The molecule has 17 heavy (non-hydrogen) atoms. The minimum absolute atomic E-state index is 0.339. The molecule has 0 aromatic heterocycles. The molecule has 2 rings (SSSR count). The molecule has 2 saturated heterocycles. The van der Waals surface area contributed by atoms with Gasteiger partial charge in [0.25, 0.3) is 0 Å². The van der Waals surface area contributed by atoms with Gasteiger partial charge in [-0.05, 0) is 44.9 Å². The Morgan fingerprint density at radius 1 is 1.35 bits per heavy atom. The number of rotatable bonds is 4. The Balaban J connectivity index is 1.82. The number of hydrogen-bond acceptors (Lipinski definition) is 2. The van der Waals surface area contributed by atoms with Gasteiger partial charge in [-0.25, -0.2) is 0 Å². The van der Waals surface area contributed by atoms with Gasteiger partial charge in [-0.3, -0.25) is 4.79 Å². The van der Waals surface area contributed by atoms with Crippen LogP contribution in [-0.2, 0) is 4.79 Å². The third-order valence-corrected chi connectivity index (χ3v) is 4.68. The summed E-state index contributed by atoms with van der Waals surface area (Å²) in [5, 5.41) is 3.63. The predicted molar refractivity (Wildman–Crippen MR) is 69.8 cm³/mol. The van der Waals surface area contributed by atoms with Crippen LogP contribution in [0.3, 0.4) is 0 Å². The fourth-order valence-electron chi connectivity index (χ4n) is 3.25. The van der Waals surface area contributed by atoms with Crippen molar-refractivity contribution in [3.8, 4) is 0 Å². The zero-order valence-electron chi connectivity index (χ0n) is 11.4. The zero-order chi connectivity index (χ0) is 12.4. The van der Waals surface area contributed by atoms with Gasteiger partial charge in [-0.2, -0.15) is 0 Å². The Labute approximate surface area is 105 Å². The molecule has 0 aromatic carbocycles. The van der Waals surface area contributed by atoms with Crippen LogP contribution in [0.1, 0.15) is 52.4 Å². The molecule has 0 radical (unpaired) electrons. The first-order valence-corrected chi connectivity index (χ1v) is 7.11. The van der Waals surface area contributed by atoms with Crippen molar-refractivity contribution in [1.29, 1.82) is 0 Å². The van der Waals surface area contributed by atoms with Crippen molar-refractivity contribution in [2.75, 3.05) is 7.05 Å². The lowest BCUT2D eigenvalue weighted by Crippen LogP contribution is -2.41. The van der Waals surface area contributed by atoms with Crippen LogP contribution in [0.25, 0.3) is 0 Å². The van der Waals surface area contributed by atoms with Gasteiger partial charge in [-0.1, -0.05) is 6.92 Å². The Morgan fingerprint density at radius 3 is 2.47 bits per heavy atom. The van der Waals surface area contributed by atoms with Crippen LogP contribution >= 0.6 is 0 Å². The minimum Gasteiger partial charge on any atom is -0.343 e. The second-order valence-electron chi connectivity index (χ2n) is 5.94. The van der Waals surface area contributed by atoms with Crippen LogP contribution < -0.4 is 5.32 Å². The van der Waals surface area contributed by atoms with Crippen LogP contribution in [-0.4, -0.2) is 36.0 Å². The van der Waals surface area contributed by atoms with Crippen LogP contribution in [0.2, 0.25) is 0 Å². The second kappa shape index (κ2) is 5.38. The summed E-state index contributed by atoms with van der Waals surface area (Å²) in [6.45, 7) is 4.27. The molecule has 0 spiro atoms. The first-order valence-electron chi connectivity index (χ1n) is 7.11. The van der Waals surface area contributed by atoms with Crippen molar-refractivity contribution in [1.82, 2.24) is 10.2 Å². The highest BCUT2D eigenvalue weighted by Crippen LogP contribution is 2.33. The van der Waals surface area contributed by atoms with E-state index < -0.39 is 0 Å².